The molecule has 0 spiro atoms. The fourth-order valence-electron chi connectivity index (χ4n) is 1.20. The molecule has 0 fully saturated rings. The van der Waals surface area contributed by atoms with Crippen LogP contribution in [-0.2, 0) is 14.3 Å². The summed E-state index contributed by atoms with van der Waals surface area (Å²) in [6.45, 7) is 5.71. The summed E-state index contributed by atoms with van der Waals surface area (Å²) in [6.07, 6.45) is 0.925. The van der Waals surface area contributed by atoms with Crippen LogP contribution in [0.15, 0.2) is 0 Å². The van der Waals surface area contributed by atoms with Crippen molar-refractivity contribution in [3.8, 4) is 0 Å². The van der Waals surface area contributed by atoms with Crippen LogP contribution in [0.1, 0.15) is 20.3 Å². The first-order valence-electron chi connectivity index (χ1n) is 5.68. The van der Waals surface area contributed by atoms with Gasteiger partial charge in [-0.05, 0) is 13.3 Å². The number of carbonyl (C=O) groups is 1. The molecule has 0 aromatic heterocycles. The molecule has 5 nitrogen and oxygen atoms in total. The van der Waals surface area contributed by atoms with Gasteiger partial charge in [0.15, 0.2) is 0 Å². The lowest BCUT2D eigenvalue weighted by molar-refractivity contribution is -0.122. The van der Waals surface area contributed by atoms with E-state index in [-0.39, 0.29) is 18.1 Å². The van der Waals surface area contributed by atoms with E-state index in [9.17, 15) is 4.79 Å². The molecule has 0 heterocycles. The molecule has 0 aliphatic heterocycles. The van der Waals surface area contributed by atoms with Gasteiger partial charge in [0.2, 0.25) is 5.91 Å². The van der Waals surface area contributed by atoms with Crippen molar-refractivity contribution < 1.29 is 14.3 Å². The van der Waals surface area contributed by atoms with Crippen LogP contribution in [0, 0.1) is 0 Å². The van der Waals surface area contributed by atoms with Crippen LogP contribution in [-0.4, -0.2) is 52.0 Å². The molecule has 2 unspecified atom stereocenters. The standard InChI is InChI=1S/C11H24N2O3/c1-5-6-12-11(14)9(2)13-7-10(16-4)8-15-3/h9-10,13H,5-8H2,1-4H3,(H,12,14). The van der Waals surface area contributed by atoms with E-state index < -0.39 is 0 Å². The van der Waals surface area contributed by atoms with Crippen molar-refractivity contribution in [3.63, 3.8) is 0 Å². The van der Waals surface area contributed by atoms with Gasteiger partial charge >= 0.3 is 0 Å². The molecule has 0 rings (SSSR count). The van der Waals surface area contributed by atoms with Crippen LogP contribution >= 0.6 is 0 Å². The highest BCUT2D eigenvalue weighted by atomic mass is 16.5. The monoisotopic (exact) mass is 232 g/mol. The van der Waals surface area contributed by atoms with Gasteiger partial charge in [0, 0.05) is 27.3 Å². The maximum absolute atomic E-state index is 11.5. The molecule has 0 aliphatic carbocycles. The van der Waals surface area contributed by atoms with E-state index >= 15 is 0 Å². The second-order valence-electron chi connectivity index (χ2n) is 3.73. The zero-order chi connectivity index (χ0) is 12.4. The van der Waals surface area contributed by atoms with E-state index in [1.807, 2.05) is 13.8 Å². The molecule has 2 atom stereocenters. The Morgan fingerprint density at radius 1 is 1.38 bits per heavy atom. The fourth-order valence-corrected chi connectivity index (χ4v) is 1.20. The van der Waals surface area contributed by atoms with E-state index in [0.29, 0.717) is 13.2 Å². The van der Waals surface area contributed by atoms with E-state index in [2.05, 4.69) is 10.6 Å². The molecule has 96 valence electrons. The average molecular weight is 232 g/mol. The topological polar surface area (TPSA) is 59.6 Å². The predicted octanol–water partition coefficient (Wildman–Crippen LogP) is 0.152. The van der Waals surface area contributed by atoms with Crippen LogP contribution in [0.2, 0.25) is 0 Å². The van der Waals surface area contributed by atoms with E-state index in [1.165, 1.54) is 0 Å². The van der Waals surface area contributed by atoms with Gasteiger partial charge in [0.05, 0.1) is 18.8 Å². The molecule has 0 aromatic rings. The first kappa shape index (κ1) is 15.3. The summed E-state index contributed by atoms with van der Waals surface area (Å²) < 4.78 is 10.2. The molecule has 0 saturated carbocycles. The fraction of sp³-hybridized carbons (Fsp3) is 0.909. The quantitative estimate of drug-likeness (QED) is 0.594. The minimum Gasteiger partial charge on any atom is -0.382 e. The van der Waals surface area contributed by atoms with Crippen molar-refractivity contribution in [2.45, 2.75) is 32.4 Å². The summed E-state index contributed by atoms with van der Waals surface area (Å²) in [4.78, 5) is 11.5. The Morgan fingerprint density at radius 3 is 2.56 bits per heavy atom. The van der Waals surface area contributed by atoms with Crippen molar-refractivity contribution in [1.82, 2.24) is 10.6 Å². The van der Waals surface area contributed by atoms with Crippen LogP contribution < -0.4 is 10.6 Å². The third-order valence-corrected chi connectivity index (χ3v) is 2.28. The van der Waals surface area contributed by atoms with E-state index in [4.69, 9.17) is 9.47 Å². The first-order chi connectivity index (χ1) is 7.65. The SMILES string of the molecule is CCCNC(=O)C(C)NCC(COC)OC. The Labute approximate surface area is 97.9 Å². The zero-order valence-electron chi connectivity index (χ0n) is 10.7. The van der Waals surface area contributed by atoms with Gasteiger partial charge in [0.1, 0.15) is 0 Å². The number of amides is 1. The Kier molecular flexibility index (Phi) is 9.18. The number of rotatable bonds is 9. The van der Waals surface area contributed by atoms with Crippen molar-refractivity contribution >= 4 is 5.91 Å². The molecule has 16 heavy (non-hydrogen) atoms. The lowest BCUT2D eigenvalue weighted by atomic mass is 10.2. The van der Waals surface area contributed by atoms with Crippen molar-refractivity contribution in [2.24, 2.45) is 0 Å². The highest BCUT2D eigenvalue weighted by molar-refractivity contribution is 5.81. The summed E-state index contributed by atoms with van der Waals surface area (Å²) in [7, 11) is 3.26. The number of methoxy groups -OCH3 is 2. The largest absolute Gasteiger partial charge is 0.382 e. The molecule has 1 amide bonds. The normalized spacial score (nSPS) is 14.5. The molecular formula is C11H24N2O3. The summed E-state index contributed by atoms with van der Waals surface area (Å²) in [5.41, 5.74) is 0. The van der Waals surface area contributed by atoms with Crippen molar-refractivity contribution in [2.75, 3.05) is 33.9 Å². The summed E-state index contributed by atoms with van der Waals surface area (Å²) in [6, 6.07) is -0.207. The molecule has 0 radical (unpaired) electrons. The highest BCUT2D eigenvalue weighted by Crippen LogP contribution is 1.91. The van der Waals surface area contributed by atoms with Gasteiger partial charge in [-0.15, -0.1) is 0 Å². The lowest BCUT2D eigenvalue weighted by Gasteiger charge is -2.18. The zero-order valence-corrected chi connectivity index (χ0v) is 10.7. The number of carbonyl (C=O) groups excluding carboxylic acids is 1. The third kappa shape index (κ3) is 6.76. The molecule has 0 aromatic carbocycles. The Bertz CT molecular complexity index is 188. The average Bonchev–Trinajstić information content (AvgIpc) is 2.30. The van der Waals surface area contributed by atoms with Crippen LogP contribution in [0.4, 0.5) is 0 Å². The Balaban J connectivity index is 3.76. The molecule has 5 heteroatoms. The Hall–Kier alpha value is -0.650. The number of hydrogen-bond donors (Lipinski definition) is 2. The van der Waals surface area contributed by atoms with E-state index in [1.54, 1.807) is 14.2 Å². The van der Waals surface area contributed by atoms with Gasteiger partial charge in [-0.1, -0.05) is 6.92 Å². The van der Waals surface area contributed by atoms with Gasteiger partial charge in [-0.25, -0.2) is 0 Å². The second kappa shape index (κ2) is 9.57. The Morgan fingerprint density at radius 2 is 2.06 bits per heavy atom. The summed E-state index contributed by atoms with van der Waals surface area (Å²) >= 11 is 0. The predicted molar refractivity (Wildman–Crippen MR) is 63.4 cm³/mol. The minimum absolute atomic E-state index is 0.0218. The maximum atomic E-state index is 11.5. The number of nitrogens with one attached hydrogen (secondary N) is 2. The molecular weight excluding hydrogens is 208 g/mol. The second-order valence-corrected chi connectivity index (χ2v) is 3.73. The van der Waals surface area contributed by atoms with Gasteiger partial charge in [0.25, 0.3) is 0 Å². The third-order valence-electron chi connectivity index (χ3n) is 2.28. The minimum atomic E-state index is -0.207. The summed E-state index contributed by atoms with van der Waals surface area (Å²) in [5.74, 6) is 0.0223. The van der Waals surface area contributed by atoms with Crippen LogP contribution in [0.3, 0.4) is 0 Å². The van der Waals surface area contributed by atoms with Crippen molar-refractivity contribution in [3.05, 3.63) is 0 Å². The first-order valence-corrected chi connectivity index (χ1v) is 5.68. The van der Waals surface area contributed by atoms with Gasteiger partial charge in [-0.2, -0.15) is 0 Å². The smallest absolute Gasteiger partial charge is 0.236 e. The molecule has 0 aliphatic rings. The lowest BCUT2D eigenvalue weighted by Crippen LogP contribution is -2.45. The maximum Gasteiger partial charge on any atom is 0.236 e. The van der Waals surface area contributed by atoms with E-state index in [0.717, 1.165) is 13.0 Å². The van der Waals surface area contributed by atoms with Gasteiger partial charge < -0.3 is 20.1 Å². The summed E-state index contributed by atoms with van der Waals surface area (Å²) in [5, 5.41) is 5.94. The molecule has 0 bridgehead atoms. The van der Waals surface area contributed by atoms with Crippen molar-refractivity contribution in [1.29, 1.82) is 0 Å². The van der Waals surface area contributed by atoms with Crippen LogP contribution in [0.25, 0.3) is 0 Å². The number of hydrogen-bond acceptors (Lipinski definition) is 4. The molecule has 0 saturated heterocycles. The highest BCUT2D eigenvalue weighted by Gasteiger charge is 2.14. The van der Waals surface area contributed by atoms with Crippen LogP contribution in [0.5, 0.6) is 0 Å². The van der Waals surface area contributed by atoms with Gasteiger partial charge in [-0.3, -0.25) is 4.79 Å². The molecule has 2 N–H and O–H groups in total. The number of ether oxygens (including phenoxy) is 2.